The molecule has 8 nitrogen and oxygen atoms in total. The van der Waals surface area contributed by atoms with Crippen LogP contribution in [0.15, 0.2) is 46.0 Å². The highest BCUT2D eigenvalue weighted by Gasteiger charge is 2.27. The van der Waals surface area contributed by atoms with Crippen LogP contribution in [0.1, 0.15) is 16.0 Å². The van der Waals surface area contributed by atoms with Gasteiger partial charge in [0.25, 0.3) is 5.56 Å². The highest BCUT2D eigenvalue weighted by Crippen LogP contribution is 2.34. The van der Waals surface area contributed by atoms with Crippen molar-refractivity contribution < 1.29 is 23.0 Å². The lowest BCUT2D eigenvalue weighted by Gasteiger charge is -2.27. The maximum absolute atomic E-state index is 14.3. The fraction of sp³-hybridized carbons (Fsp3) is 0.208. The van der Waals surface area contributed by atoms with E-state index in [9.17, 15) is 23.2 Å². The SMILES string of the molecule is O=C(Cc1ccc2c(c1)OCO2)N1CCc2c(sc3[nH]c(=O)n(-c4ccc(F)cc4F)c(=O)c23)C1. The van der Waals surface area contributed by atoms with Gasteiger partial charge in [0.2, 0.25) is 12.7 Å². The molecule has 2 aromatic carbocycles. The summed E-state index contributed by atoms with van der Waals surface area (Å²) in [6.07, 6.45) is 0.597. The third-order valence-electron chi connectivity index (χ3n) is 6.19. The van der Waals surface area contributed by atoms with Gasteiger partial charge in [-0.2, -0.15) is 0 Å². The van der Waals surface area contributed by atoms with Gasteiger partial charge in [-0.05, 0) is 41.8 Å². The van der Waals surface area contributed by atoms with Crippen LogP contribution in [0.4, 0.5) is 8.78 Å². The molecule has 0 bridgehead atoms. The molecule has 0 saturated carbocycles. The highest BCUT2D eigenvalue weighted by molar-refractivity contribution is 7.18. The average molecular weight is 497 g/mol. The molecule has 1 N–H and O–H groups in total. The Morgan fingerprint density at radius 3 is 2.74 bits per heavy atom. The second kappa shape index (κ2) is 8.05. The van der Waals surface area contributed by atoms with Crippen LogP contribution in [0, 0.1) is 11.6 Å². The molecule has 2 aromatic heterocycles. The lowest BCUT2D eigenvalue weighted by atomic mass is 10.0. The van der Waals surface area contributed by atoms with Crippen molar-refractivity contribution in [3.8, 4) is 17.2 Å². The normalized spacial score (nSPS) is 14.4. The Balaban J connectivity index is 1.31. The first-order chi connectivity index (χ1) is 16.9. The molecule has 4 heterocycles. The number of carbonyl (C=O) groups is 1. The van der Waals surface area contributed by atoms with Gasteiger partial charge in [0, 0.05) is 17.5 Å². The van der Waals surface area contributed by atoms with Crippen LogP contribution in [0.5, 0.6) is 11.5 Å². The quantitative estimate of drug-likeness (QED) is 0.470. The zero-order valence-electron chi connectivity index (χ0n) is 18.1. The van der Waals surface area contributed by atoms with Gasteiger partial charge in [0.05, 0.1) is 24.0 Å². The molecular weight excluding hydrogens is 480 g/mol. The molecule has 4 aromatic rings. The largest absolute Gasteiger partial charge is 0.454 e. The van der Waals surface area contributed by atoms with Crippen molar-refractivity contribution in [2.45, 2.75) is 19.4 Å². The van der Waals surface area contributed by atoms with E-state index in [1.54, 1.807) is 17.0 Å². The summed E-state index contributed by atoms with van der Waals surface area (Å²) in [5.41, 5.74) is -0.283. The third kappa shape index (κ3) is 3.59. The van der Waals surface area contributed by atoms with Gasteiger partial charge in [-0.15, -0.1) is 11.3 Å². The van der Waals surface area contributed by atoms with E-state index in [1.807, 2.05) is 6.07 Å². The fourth-order valence-corrected chi connectivity index (χ4v) is 5.75. The average Bonchev–Trinajstić information content (AvgIpc) is 3.43. The molecule has 2 aliphatic heterocycles. The number of halogens is 2. The smallest absolute Gasteiger partial charge is 0.334 e. The maximum atomic E-state index is 14.3. The molecule has 0 atom stereocenters. The predicted molar refractivity (Wildman–Crippen MR) is 123 cm³/mol. The molecule has 0 fully saturated rings. The highest BCUT2D eigenvalue weighted by atomic mass is 32.1. The molecule has 0 spiro atoms. The molecule has 0 saturated heterocycles. The molecule has 1 amide bonds. The number of benzene rings is 2. The number of aromatic amines is 1. The molecule has 0 unspecified atom stereocenters. The molecule has 178 valence electrons. The Kier molecular flexibility index (Phi) is 4.95. The predicted octanol–water partition coefficient (Wildman–Crippen LogP) is 2.87. The first-order valence-electron chi connectivity index (χ1n) is 10.8. The van der Waals surface area contributed by atoms with Crippen LogP contribution >= 0.6 is 11.3 Å². The third-order valence-corrected chi connectivity index (χ3v) is 7.33. The Morgan fingerprint density at radius 1 is 1.09 bits per heavy atom. The van der Waals surface area contributed by atoms with Gasteiger partial charge >= 0.3 is 5.69 Å². The first kappa shape index (κ1) is 21.5. The Labute approximate surface area is 199 Å². The molecule has 35 heavy (non-hydrogen) atoms. The second-order valence-electron chi connectivity index (χ2n) is 8.30. The number of amides is 1. The molecule has 6 rings (SSSR count). The van der Waals surface area contributed by atoms with Gasteiger partial charge in [0.1, 0.15) is 16.5 Å². The molecule has 11 heteroatoms. The van der Waals surface area contributed by atoms with E-state index < -0.39 is 22.9 Å². The van der Waals surface area contributed by atoms with Crippen molar-refractivity contribution in [3.05, 3.63) is 84.9 Å². The molecule has 0 radical (unpaired) electrons. The number of H-pyrrole nitrogens is 1. The van der Waals surface area contributed by atoms with Crippen molar-refractivity contribution in [3.63, 3.8) is 0 Å². The Morgan fingerprint density at radius 2 is 1.91 bits per heavy atom. The standard InChI is InChI=1S/C24H17F2N3O5S/c25-13-2-3-16(15(26)9-13)29-23(31)21-14-5-6-28(10-19(14)35-22(21)27-24(29)32)20(30)8-12-1-4-17-18(7-12)34-11-33-17/h1-4,7,9H,5-6,8,10-11H2,(H,27,32). The van der Waals surface area contributed by atoms with Gasteiger partial charge < -0.3 is 14.4 Å². The summed E-state index contributed by atoms with van der Waals surface area (Å²) in [7, 11) is 0. The van der Waals surface area contributed by atoms with Crippen LogP contribution in [0.25, 0.3) is 15.9 Å². The minimum absolute atomic E-state index is 0.0775. The van der Waals surface area contributed by atoms with Crippen molar-refractivity contribution in [1.29, 1.82) is 0 Å². The summed E-state index contributed by atoms with van der Waals surface area (Å²) >= 11 is 1.23. The minimum atomic E-state index is -1.01. The van der Waals surface area contributed by atoms with Gasteiger partial charge in [-0.1, -0.05) is 6.07 Å². The molecular formula is C24H17F2N3O5S. The molecule has 0 aliphatic carbocycles. The van der Waals surface area contributed by atoms with E-state index in [1.165, 1.54) is 11.3 Å². The van der Waals surface area contributed by atoms with Crippen molar-refractivity contribution >= 4 is 27.5 Å². The number of aromatic nitrogens is 2. The topological polar surface area (TPSA) is 93.6 Å². The fourth-order valence-electron chi connectivity index (χ4n) is 4.51. The number of hydrogen-bond acceptors (Lipinski definition) is 6. The first-order valence-corrected chi connectivity index (χ1v) is 11.6. The number of rotatable bonds is 3. The lowest BCUT2D eigenvalue weighted by Crippen LogP contribution is -2.37. The number of nitrogens with zero attached hydrogens (tertiary/aromatic N) is 2. The van der Waals surface area contributed by atoms with Crippen molar-refractivity contribution in [2.75, 3.05) is 13.3 Å². The Hall–Kier alpha value is -3.99. The van der Waals surface area contributed by atoms with E-state index in [0.29, 0.717) is 46.5 Å². The number of thiophene rings is 1. The van der Waals surface area contributed by atoms with Crippen molar-refractivity contribution in [1.82, 2.24) is 14.5 Å². The lowest BCUT2D eigenvalue weighted by molar-refractivity contribution is -0.131. The van der Waals surface area contributed by atoms with Gasteiger partial charge in [-0.25, -0.2) is 18.1 Å². The maximum Gasteiger partial charge on any atom is 0.334 e. The summed E-state index contributed by atoms with van der Waals surface area (Å²) in [6.45, 7) is 0.849. The summed E-state index contributed by atoms with van der Waals surface area (Å²) < 4.78 is 39.0. The molecule has 2 aliphatic rings. The summed E-state index contributed by atoms with van der Waals surface area (Å²) in [5, 5.41) is 0.288. The minimum Gasteiger partial charge on any atom is -0.454 e. The number of nitrogens with one attached hydrogen (secondary N) is 1. The van der Waals surface area contributed by atoms with Gasteiger partial charge in [-0.3, -0.25) is 14.6 Å². The zero-order valence-corrected chi connectivity index (χ0v) is 18.9. The van der Waals surface area contributed by atoms with Crippen LogP contribution in [0.3, 0.4) is 0 Å². The summed E-state index contributed by atoms with van der Waals surface area (Å²) in [4.78, 5) is 44.4. The van der Waals surface area contributed by atoms with Crippen LogP contribution < -0.4 is 20.7 Å². The van der Waals surface area contributed by atoms with E-state index in [2.05, 4.69) is 4.98 Å². The monoisotopic (exact) mass is 497 g/mol. The number of carbonyl (C=O) groups excluding carboxylic acids is 1. The summed E-state index contributed by atoms with van der Waals surface area (Å²) in [6, 6.07) is 8.05. The van der Waals surface area contributed by atoms with E-state index in [0.717, 1.165) is 28.1 Å². The number of ether oxygens (including phenoxy) is 2. The van der Waals surface area contributed by atoms with Crippen molar-refractivity contribution in [2.24, 2.45) is 0 Å². The van der Waals surface area contributed by atoms with Gasteiger partial charge in [0.15, 0.2) is 11.5 Å². The number of fused-ring (bicyclic) bond motifs is 4. The van der Waals surface area contributed by atoms with Crippen LogP contribution in [-0.2, 0) is 24.2 Å². The van der Waals surface area contributed by atoms with Crippen LogP contribution in [-0.4, -0.2) is 33.7 Å². The summed E-state index contributed by atoms with van der Waals surface area (Å²) in [5.74, 6) is -0.643. The van der Waals surface area contributed by atoms with E-state index >= 15 is 0 Å². The van der Waals surface area contributed by atoms with Crippen LogP contribution in [0.2, 0.25) is 0 Å². The van der Waals surface area contributed by atoms with E-state index in [-0.39, 0.29) is 30.2 Å². The van der Waals surface area contributed by atoms with E-state index in [4.69, 9.17) is 9.47 Å². The second-order valence-corrected chi connectivity index (χ2v) is 9.41. The zero-order chi connectivity index (χ0) is 24.3. The number of hydrogen-bond donors (Lipinski definition) is 1. The Bertz CT molecular complexity index is 1640.